The molecule has 1 N–H and O–H groups in total. The lowest BCUT2D eigenvalue weighted by Gasteiger charge is -2.37. The van der Waals surface area contributed by atoms with Crippen molar-refractivity contribution in [3.8, 4) is 0 Å². The van der Waals surface area contributed by atoms with E-state index >= 15 is 0 Å². The fraction of sp³-hybridized carbons (Fsp3) is 0.632. The molecule has 1 heterocycles. The van der Waals surface area contributed by atoms with Crippen LogP contribution in [0.3, 0.4) is 0 Å². The molecule has 1 fully saturated rings. The van der Waals surface area contributed by atoms with Gasteiger partial charge in [0, 0.05) is 60.4 Å². The van der Waals surface area contributed by atoms with Crippen LogP contribution in [0.25, 0.3) is 0 Å². The summed E-state index contributed by atoms with van der Waals surface area (Å²) in [5.74, 6) is 0.887. The molecule has 0 spiro atoms. The van der Waals surface area contributed by atoms with Crippen LogP contribution in [0.5, 0.6) is 0 Å². The van der Waals surface area contributed by atoms with Crippen molar-refractivity contribution in [3.63, 3.8) is 0 Å². The molecule has 0 radical (unpaired) electrons. The Labute approximate surface area is 146 Å². The van der Waals surface area contributed by atoms with E-state index in [4.69, 9.17) is 9.47 Å². The van der Waals surface area contributed by atoms with Crippen LogP contribution in [-0.4, -0.2) is 57.4 Å². The molecule has 5 heteroatoms. The molecular weight excluding hydrogens is 302 g/mol. The fourth-order valence-corrected chi connectivity index (χ4v) is 3.05. The summed E-state index contributed by atoms with van der Waals surface area (Å²) in [5.41, 5.74) is 2.49. The first-order chi connectivity index (χ1) is 11.6. The second-order valence-corrected chi connectivity index (χ2v) is 6.43. The van der Waals surface area contributed by atoms with Crippen molar-refractivity contribution in [1.29, 1.82) is 0 Å². The van der Waals surface area contributed by atoms with E-state index in [1.807, 2.05) is 7.05 Å². The van der Waals surface area contributed by atoms with Crippen LogP contribution < -0.4 is 5.32 Å². The van der Waals surface area contributed by atoms with Gasteiger partial charge in [0.15, 0.2) is 5.96 Å². The minimum atomic E-state index is -0.155. The molecule has 1 aliphatic rings. The number of methoxy groups -OCH3 is 1. The number of nitrogens with zero attached hydrogens (tertiary/aromatic N) is 2. The van der Waals surface area contributed by atoms with E-state index in [1.54, 1.807) is 7.11 Å². The van der Waals surface area contributed by atoms with E-state index in [0.29, 0.717) is 0 Å². The molecule has 0 atom stereocenters. The summed E-state index contributed by atoms with van der Waals surface area (Å²) in [4.78, 5) is 6.55. The van der Waals surface area contributed by atoms with Crippen molar-refractivity contribution in [2.45, 2.75) is 38.3 Å². The molecule has 0 aromatic heterocycles. The van der Waals surface area contributed by atoms with Crippen LogP contribution in [0.15, 0.2) is 29.3 Å². The zero-order chi connectivity index (χ0) is 17.4. The predicted molar refractivity (Wildman–Crippen MR) is 98.4 cm³/mol. The van der Waals surface area contributed by atoms with Gasteiger partial charge < -0.3 is 19.7 Å². The Balaban J connectivity index is 1.92. The third kappa shape index (κ3) is 4.95. The largest absolute Gasteiger partial charge is 0.381 e. The van der Waals surface area contributed by atoms with Crippen LogP contribution in [-0.2, 0) is 22.4 Å². The number of rotatable bonds is 6. The van der Waals surface area contributed by atoms with Gasteiger partial charge >= 0.3 is 0 Å². The second kappa shape index (κ2) is 9.04. The van der Waals surface area contributed by atoms with Crippen molar-refractivity contribution in [1.82, 2.24) is 10.2 Å². The first-order valence-electron chi connectivity index (χ1n) is 8.75. The maximum absolute atomic E-state index is 5.78. The summed E-state index contributed by atoms with van der Waals surface area (Å²) in [6.45, 7) is 5.27. The van der Waals surface area contributed by atoms with E-state index in [1.165, 1.54) is 11.1 Å². The van der Waals surface area contributed by atoms with Gasteiger partial charge in [0.1, 0.15) is 0 Å². The Hall–Kier alpha value is -1.59. The molecule has 5 nitrogen and oxygen atoms in total. The lowest BCUT2D eigenvalue weighted by atomic mass is 9.94. The molecule has 1 aliphatic heterocycles. The number of hydrogen-bond donors (Lipinski definition) is 1. The number of aliphatic imine (C=N–C) groups is 1. The number of aryl methyl sites for hydroxylation is 1. The van der Waals surface area contributed by atoms with E-state index in [2.05, 4.69) is 53.4 Å². The van der Waals surface area contributed by atoms with Gasteiger partial charge in [0.05, 0.1) is 5.60 Å². The Bertz CT molecular complexity index is 522. The first kappa shape index (κ1) is 18.7. The molecule has 0 aliphatic carbocycles. The van der Waals surface area contributed by atoms with Gasteiger partial charge in [-0.05, 0) is 17.5 Å². The summed E-state index contributed by atoms with van der Waals surface area (Å²) in [5, 5.41) is 3.47. The van der Waals surface area contributed by atoms with Gasteiger partial charge in [-0.25, -0.2) is 0 Å². The average Bonchev–Trinajstić information content (AvgIpc) is 2.63. The highest BCUT2D eigenvalue weighted by molar-refractivity contribution is 5.79. The second-order valence-electron chi connectivity index (χ2n) is 6.43. The summed E-state index contributed by atoms with van der Waals surface area (Å²) >= 11 is 0. The zero-order valence-electron chi connectivity index (χ0n) is 15.5. The van der Waals surface area contributed by atoms with Gasteiger partial charge in [-0.1, -0.05) is 31.2 Å². The van der Waals surface area contributed by atoms with Crippen molar-refractivity contribution < 1.29 is 9.47 Å². The van der Waals surface area contributed by atoms with Crippen molar-refractivity contribution in [2.24, 2.45) is 4.99 Å². The smallest absolute Gasteiger partial charge is 0.193 e. The van der Waals surface area contributed by atoms with E-state index in [0.717, 1.165) is 51.5 Å². The molecule has 1 aromatic rings. The number of ether oxygens (including phenoxy) is 2. The molecular formula is C19H31N3O2. The van der Waals surface area contributed by atoms with Crippen LogP contribution in [0.4, 0.5) is 0 Å². The highest BCUT2D eigenvalue weighted by atomic mass is 16.5. The van der Waals surface area contributed by atoms with Gasteiger partial charge in [-0.15, -0.1) is 0 Å². The molecule has 2 rings (SSSR count). The molecule has 134 valence electrons. The number of nitrogens with one attached hydrogen (secondary N) is 1. The lowest BCUT2D eigenvalue weighted by molar-refractivity contribution is -0.0857. The topological polar surface area (TPSA) is 46.1 Å². The molecule has 0 bridgehead atoms. The predicted octanol–water partition coefficient (Wildman–Crippen LogP) is 2.45. The van der Waals surface area contributed by atoms with Crippen LogP contribution >= 0.6 is 0 Å². The van der Waals surface area contributed by atoms with Crippen LogP contribution in [0, 0.1) is 0 Å². The highest BCUT2D eigenvalue weighted by Crippen LogP contribution is 2.23. The Morgan fingerprint density at radius 2 is 1.88 bits per heavy atom. The van der Waals surface area contributed by atoms with E-state index in [-0.39, 0.29) is 5.60 Å². The van der Waals surface area contributed by atoms with Crippen LogP contribution in [0.1, 0.15) is 30.9 Å². The minimum Gasteiger partial charge on any atom is -0.381 e. The standard InChI is InChI=1S/C19H31N3O2/c1-5-16-6-8-17(9-7-16)14-22(3)18(20-2)21-15-19(23-4)10-12-24-13-11-19/h6-9H,5,10-15H2,1-4H3,(H,20,21). The molecule has 1 aromatic carbocycles. The summed E-state index contributed by atoms with van der Waals surface area (Å²) in [7, 11) is 5.67. The maximum Gasteiger partial charge on any atom is 0.193 e. The van der Waals surface area contributed by atoms with Gasteiger partial charge in [0.2, 0.25) is 0 Å². The monoisotopic (exact) mass is 333 g/mol. The zero-order valence-corrected chi connectivity index (χ0v) is 15.5. The Morgan fingerprint density at radius 1 is 1.25 bits per heavy atom. The normalized spacial score (nSPS) is 17.6. The van der Waals surface area contributed by atoms with Gasteiger partial charge in [-0.2, -0.15) is 0 Å². The Morgan fingerprint density at radius 3 is 2.42 bits per heavy atom. The molecule has 24 heavy (non-hydrogen) atoms. The average molecular weight is 333 g/mol. The van der Waals surface area contributed by atoms with Crippen molar-refractivity contribution in [2.75, 3.05) is 41.0 Å². The van der Waals surface area contributed by atoms with Crippen LogP contribution in [0.2, 0.25) is 0 Å². The van der Waals surface area contributed by atoms with Crippen molar-refractivity contribution in [3.05, 3.63) is 35.4 Å². The van der Waals surface area contributed by atoms with Gasteiger partial charge in [0.25, 0.3) is 0 Å². The quantitative estimate of drug-likeness (QED) is 0.642. The Kier molecular flexibility index (Phi) is 7.06. The SMILES string of the molecule is CCc1ccc(CN(C)C(=NC)NCC2(OC)CCOCC2)cc1. The first-order valence-corrected chi connectivity index (χ1v) is 8.75. The lowest BCUT2D eigenvalue weighted by Crippen LogP contribution is -2.50. The third-order valence-corrected chi connectivity index (χ3v) is 4.83. The maximum atomic E-state index is 5.78. The molecule has 0 amide bonds. The number of hydrogen-bond acceptors (Lipinski definition) is 3. The summed E-state index contributed by atoms with van der Waals surface area (Å²) in [6.07, 6.45) is 2.90. The summed E-state index contributed by atoms with van der Waals surface area (Å²) in [6, 6.07) is 8.78. The minimum absolute atomic E-state index is 0.155. The summed E-state index contributed by atoms with van der Waals surface area (Å²) < 4.78 is 11.2. The van der Waals surface area contributed by atoms with E-state index < -0.39 is 0 Å². The molecule has 1 saturated heterocycles. The third-order valence-electron chi connectivity index (χ3n) is 4.83. The number of benzene rings is 1. The molecule has 0 saturated carbocycles. The molecule has 0 unspecified atom stereocenters. The van der Waals surface area contributed by atoms with E-state index in [9.17, 15) is 0 Å². The van der Waals surface area contributed by atoms with Gasteiger partial charge in [-0.3, -0.25) is 4.99 Å². The highest BCUT2D eigenvalue weighted by Gasteiger charge is 2.32. The number of guanidine groups is 1. The fourth-order valence-electron chi connectivity index (χ4n) is 3.05. The van der Waals surface area contributed by atoms with Crippen molar-refractivity contribution >= 4 is 5.96 Å².